The summed E-state index contributed by atoms with van der Waals surface area (Å²) in [5, 5.41) is 0. The van der Waals surface area contributed by atoms with Gasteiger partial charge in [-0.3, -0.25) is 4.79 Å². The van der Waals surface area contributed by atoms with E-state index in [-0.39, 0.29) is 17.9 Å². The molecule has 1 aromatic carbocycles. The Balaban J connectivity index is 1.95. The van der Waals surface area contributed by atoms with Gasteiger partial charge in [0.2, 0.25) is 5.91 Å². The van der Waals surface area contributed by atoms with Gasteiger partial charge in [0.15, 0.2) is 0 Å². The van der Waals surface area contributed by atoms with Crippen molar-refractivity contribution in [2.45, 2.75) is 53.1 Å². The molecule has 5 nitrogen and oxygen atoms in total. The van der Waals surface area contributed by atoms with Crippen molar-refractivity contribution in [2.75, 3.05) is 17.0 Å². The maximum Gasteiger partial charge on any atom is 0.410 e. The lowest BCUT2D eigenvalue weighted by molar-refractivity contribution is -0.122. The Labute approximate surface area is 158 Å². The molecule has 2 rings (SSSR count). The van der Waals surface area contributed by atoms with Crippen LogP contribution < -0.4 is 3.93 Å². The highest BCUT2D eigenvalue weighted by atomic mass is 79.9. The molecule has 1 aliphatic heterocycles. The van der Waals surface area contributed by atoms with Crippen molar-refractivity contribution in [3.8, 4) is 0 Å². The summed E-state index contributed by atoms with van der Waals surface area (Å²) in [6.45, 7) is 10.7. The van der Waals surface area contributed by atoms with Gasteiger partial charge in [-0.25, -0.2) is 8.72 Å². The Morgan fingerprint density at radius 3 is 2.32 bits per heavy atom. The van der Waals surface area contributed by atoms with Crippen LogP contribution in [-0.4, -0.2) is 35.6 Å². The molecule has 0 radical (unpaired) electrons. The van der Waals surface area contributed by atoms with Crippen LogP contribution in [0.3, 0.4) is 0 Å². The Morgan fingerprint density at radius 1 is 1.20 bits per heavy atom. The fraction of sp³-hybridized carbons (Fsp3) is 0.579. The number of nitrogens with zero attached hydrogens (tertiary/aromatic N) is 2. The highest BCUT2D eigenvalue weighted by Gasteiger charge is 2.32. The van der Waals surface area contributed by atoms with Crippen LogP contribution in [0.4, 0.5) is 10.5 Å². The third kappa shape index (κ3) is 5.21. The second-order valence-electron chi connectivity index (χ2n) is 7.65. The fourth-order valence-corrected chi connectivity index (χ4v) is 3.63. The maximum absolute atomic E-state index is 12.8. The van der Waals surface area contributed by atoms with E-state index >= 15 is 0 Å². The summed E-state index contributed by atoms with van der Waals surface area (Å²) in [4.78, 5) is 26.6. The second kappa shape index (κ2) is 7.77. The predicted molar refractivity (Wildman–Crippen MR) is 103 cm³/mol. The Kier molecular flexibility index (Phi) is 6.14. The van der Waals surface area contributed by atoms with Crippen LogP contribution in [0.25, 0.3) is 0 Å². The number of amides is 2. The van der Waals surface area contributed by atoms with Crippen molar-refractivity contribution in [1.82, 2.24) is 4.90 Å². The molecule has 0 aromatic heterocycles. The maximum atomic E-state index is 12.8. The van der Waals surface area contributed by atoms with Crippen LogP contribution in [-0.2, 0) is 9.53 Å². The number of benzene rings is 1. The lowest BCUT2D eigenvalue weighted by Gasteiger charge is -2.34. The number of rotatable bonds is 2. The lowest BCUT2D eigenvalue weighted by Crippen LogP contribution is -2.44. The summed E-state index contributed by atoms with van der Waals surface area (Å²) in [5.41, 5.74) is 2.58. The molecule has 0 bridgehead atoms. The third-order valence-corrected chi connectivity index (χ3v) is 4.98. The van der Waals surface area contributed by atoms with E-state index in [1.807, 2.05) is 46.8 Å². The number of carbonyl (C=O) groups excluding carboxylic acids is 2. The average Bonchev–Trinajstić information content (AvgIpc) is 2.52. The van der Waals surface area contributed by atoms with Crippen molar-refractivity contribution < 1.29 is 14.3 Å². The summed E-state index contributed by atoms with van der Waals surface area (Å²) in [6.07, 6.45) is 0.986. The Bertz CT molecular complexity index is 647. The minimum absolute atomic E-state index is 0.0378. The van der Waals surface area contributed by atoms with Crippen molar-refractivity contribution in [3.05, 3.63) is 29.3 Å². The van der Waals surface area contributed by atoms with Crippen LogP contribution in [0.15, 0.2) is 18.2 Å². The zero-order valence-electron chi connectivity index (χ0n) is 15.6. The topological polar surface area (TPSA) is 49.9 Å². The largest absolute Gasteiger partial charge is 0.444 e. The summed E-state index contributed by atoms with van der Waals surface area (Å²) in [6, 6.07) is 6.00. The molecular weight excluding hydrogens is 384 g/mol. The van der Waals surface area contributed by atoms with E-state index in [0.29, 0.717) is 25.9 Å². The number of likely N-dealkylation sites (tertiary alicyclic amines) is 1. The van der Waals surface area contributed by atoms with Crippen molar-refractivity contribution >= 4 is 33.8 Å². The number of hydrogen-bond donors (Lipinski definition) is 0. The van der Waals surface area contributed by atoms with Gasteiger partial charge < -0.3 is 9.64 Å². The predicted octanol–water partition coefficient (Wildman–Crippen LogP) is 4.59. The van der Waals surface area contributed by atoms with Crippen molar-refractivity contribution in [3.63, 3.8) is 0 Å². The number of ether oxygens (including phenoxy) is 1. The highest BCUT2D eigenvalue weighted by Crippen LogP contribution is 2.29. The number of anilines is 1. The number of carbonyl (C=O) groups is 2. The first-order valence-corrected chi connectivity index (χ1v) is 9.34. The van der Waals surface area contributed by atoms with Gasteiger partial charge in [0.25, 0.3) is 0 Å². The SMILES string of the molecule is Cc1ccc(N(Br)C(=O)C2CCN(C(=O)OC(C)(C)C)CC2)c(C)c1. The van der Waals surface area contributed by atoms with E-state index in [9.17, 15) is 9.59 Å². The monoisotopic (exact) mass is 410 g/mol. The Hall–Kier alpha value is -1.56. The van der Waals surface area contributed by atoms with Crippen LogP contribution in [0.1, 0.15) is 44.7 Å². The molecule has 6 heteroatoms. The first-order chi connectivity index (χ1) is 11.6. The molecule has 0 N–H and O–H groups in total. The molecule has 1 aliphatic rings. The normalized spacial score (nSPS) is 15.8. The average molecular weight is 411 g/mol. The lowest BCUT2D eigenvalue weighted by atomic mass is 9.96. The van der Waals surface area contributed by atoms with E-state index < -0.39 is 5.60 Å². The molecule has 0 saturated carbocycles. The molecule has 1 heterocycles. The molecule has 0 atom stereocenters. The minimum atomic E-state index is -0.501. The van der Waals surface area contributed by atoms with E-state index in [4.69, 9.17) is 4.74 Å². The summed E-state index contributed by atoms with van der Waals surface area (Å²) in [7, 11) is 0. The van der Waals surface area contributed by atoms with Gasteiger partial charge in [-0.05, 0) is 59.1 Å². The van der Waals surface area contributed by atoms with Crippen molar-refractivity contribution in [1.29, 1.82) is 0 Å². The van der Waals surface area contributed by atoms with Crippen LogP contribution in [0.2, 0.25) is 0 Å². The summed E-state index contributed by atoms with van der Waals surface area (Å²) < 4.78 is 6.96. The van der Waals surface area contributed by atoms with Gasteiger partial charge in [0, 0.05) is 19.0 Å². The van der Waals surface area contributed by atoms with E-state index in [2.05, 4.69) is 22.2 Å². The van der Waals surface area contributed by atoms with Crippen LogP contribution in [0.5, 0.6) is 0 Å². The third-order valence-electron chi connectivity index (χ3n) is 4.25. The quantitative estimate of drug-likeness (QED) is 0.669. The molecule has 138 valence electrons. The molecule has 0 aliphatic carbocycles. The molecule has 0 spiro atoms. The number of hydrogen-bond acceptors (Lipinski definition) is 3. The standard InChI is InChI=1S/C19H27BrN2O3/c1-13-6-7-16(14(2)12-13)22(20)17(23)15-8-10-21(11-9-15)18(24)25-19(3,4)5/h6-7,12,15H,8-11H2,1-5H3. The van der Waals surface area contributed by atoms with Gasteiger partial charge >= 0.3 is 6.09 Å². The van der Waals surface area contributed by atoms with E-state index in [0.717, 1.165) is 11.3 Å². The zero-order chi connectivity index (χ0) is 18.8. The fourth-order valence-electron chi connectivity index (χ4n) is 2.94. The number of piperidine rings is 1. The number of halogens is 1. The second-order valence-corrected chi connectivity index (χ2v) is 8.36. The van der Waals surface area contributed by atoms with Crippen LogP contribution in [0, 0.1) is 19.8 Å². The molecule has 1 fully saturated rings. The van der Waals surface area contributed by atoms with Gasteiger partial charge in [0.05, 0.1) is 21.8 Å². The Morgan fingerprint density at radius 2 is 1.80 bits per heavy atom. The summed E-state index contributed by atoms with van der Waals surface area (Å²) >= 11 is 3.42. The van der Waals surface area contributed by atoms with Gasteiger partial charge in [-0.15, -0.1) is 0 Å². The zero-order valence-corrected chi connectivity index (χ0v) is 17.2. The molecule has 25 heavy (non-hydrogen) atoms. The number of aryl methyl sites for hydroxylation is 2. The van der Waals surface area contributed by atoms with E-state index in [1.54, 1.807) is 8.83 Å². The first-order valence-electron chi connectivity index (χ1n) is 8.63. The minimum Gasteiger partial charge on any atom is -0.444 e. The van der Waals surface area contributed by atoms with E-state index in [1.165, 1.54) is 5.56 Å². The van der Waals surface area contributed by atoms with Crippen LogP contribution >= 0.6 is 16.1 Å². The van der Waals surface area contributed by atoms with Gasteiger partial charge in [-0.1, -0.05) is 17.7 Å². The summed E-state index contributed by atoms with van der Waals surface area (Å²) in [5.74, 6) is -0.0606. The molecular formula is C19H27BrN2O3. The molecule has 1 saturated heterocycles. The molecule has 2 amide bonds. The molecule has 0 unspecified atom stereocenters. The van der Waals surface area contributed by atoms with Gasteiger partial charge in [-0.2, -0.15) is 0 Å². The van der Waals surface area contributed by atoms with Gasteiger partial charge in [0.1, 0.15) is 5.60 Å². The smallest absolute Gasteiger partial charge is 0.410 e. The van der Waals surface area contributed by atoms with Crippen molar-refractivity contribution in [2.24, 2.45) is 5.92 Å². The molecule has 1 aromatic rings. The highest BCUT2D eigenvalue weighted by molar-refractivity contribution is 9.10. The first kappa shape index (κ1) is 19.8.